The standard InChI is InChI=1S/C11H15N3O/c1-12-7-8-4-5-9-10(6-8)14(2)13-11(9)15-3/h4-6,12H,7H2,1-3H3. The number of hydrogen-bond acceptors (Lipinski definition) is 3. The van der Waals surface area contributed by atoms with Crippen LogP contribution in [0.4, 0.5) is 0 Å². The fourth-order valence-corrected chi connectivity index (χ4v) is 1.73. The number of rotatable bonds is 3. The number of fused-ring (bicyclic) bond motifs is 1. The molecule has 0 aliphatic heterocycles. The number of aryl methyl sites for hydroxylation is 1. The molecule has 2 rings (SSSR count). The average Bonchev–Trinajstić information content (AvgIpc) is 2.56. The molecule has 15 heavy (non-hydrogen) atoms. The molecule has 80 valence electrons. The van der Waals surface area contributed by atoms with Crippen LogP contribution in [-0.4, -0.2) is 23.9 Å². The number of aromatic nitrogens is 2. The van der Waals surface area contributed by atoms with Gasteiger partial charge in [0.05, 0.1) is 18.0 Å². The molecule has 1 aromatic carbocycles. The third-order valence-corrected chi connectivity index (χ3v) is 2.46. The molecule has 0 saturated carbocycles. The number of hydrogen-bond donors (Lipinski definition) is 1. The normalized spacial score (nSPS) is 10.9. The Morgan fingerprint density at radius 3 is 2.93 bits per heavy atom. The summed E-state index contributed by atoms with van der Waals surface area (Å²) in [5.74, 6) is 0.684. The Bertz CT molecular complexity index is 476. The third-order valence-electron chi connectivity index (χ3n) is 2.46. The maximum absolute atomic E-state index is 5.20. The molecule has 1 N–H and O–H groups in total. The van der Waals surface area contributed by atoms with E-state index in [4.69, 9.17) is 4.74 Å². The largest absolute Gasteiger partial charge is 0.479 e. The van der Waals surface area contributed by atoms with Gasteiger partial charge in [0.15, 0.2) is 0 Å². The molecule has 4 heteroatoms. The highest BCUT2D eigenvalue weighted by atomic mass is 16.5. The molecule has 4 nitrogen and oxygen atoms in total. The van der Waals surface area contributed by atoms with Crippen LogP contribution in [0.2, 0.25) is 0 Å². The van der Waals surface area contributed by atoms with Gasteiger partial charge in [-0.25, -0.2) is 0 Å². The number of methoxy groups -OCH3 is 1. The molecule has 2 aromatic rings. The monoisotopic (exact) mass is 205 g/mol. The fourth-order valence-electron chi connectivity index (χ4n) is 1.73. The van der Waals surface area contributed by atoms with Crippen molar-refractivity contribution in [2.24, 2.45) is 7.05 Å². The lowest BCUT2D eigenvalue weighted by molar-refractivity contribution is 0.396. The van der Waals surface area contributed by atoms with Crippen LogP contribution in [0, 0.1) is 0 Å². The van der Waals surface area contributed by atoms with Crippen molar-refractivity contribution in [3.63, 3.8) is 0 Å². The summed E-state index contributed by atoms with van der Waals surface area (Å²) in [6, 6.07) is 6.26. The van der Waals surface area contributed by atoms with E-state index in [0.717, 1.165) is 17.4 Å². The van der Waals surface area contributed by atoms with Gasteiger partial charge in [0.25, 0.3) is 0 Å². The summed E-state index contributed by atoms with van der Waals surface area (Å²) >= 11 is 0. The molecule has 0 aliphatic carbocycles. The predicted molar refractivity (Wildman–Crippen MR) is 60.0 cm³/mol. The first-order valence-corrected chi connectivity index (χ1v) is 4.90. The van der Waals surface area contributed by atoms with Crippen molar-refractivity contribution in [1.82, 2.24) is 15.1 Å². The number of benzene rings is 1. The molecule has 0 radical (unpaired) electrons. The molecule has 0 fully saturated rings. The first kappa shape index (κ1) is 9.98. The summed E-state index contributed by atoms with van der Waals surface area (Å²) < 4.78 is 7.04. The topological polar surface area (TPSA) is 39.1 Å². The van der Waals surface area contributed by atoms with E-state index in [9.17, 15) is 0 Å². The minimum Gasteiger partial charge on any atom is -0.479 e. The maximum Gasteiger partial charge on any atom is 0.240 e. The van der Waals surface area contributed by atoms with Crippen molar-refractivity contribution in [2.45, 2.75) is 6.54 Å². The van der Waals surface area contributed by atoms with Crippen LogP contribution in [0.3, 0.4) is 0 Å². The Morgan fingerprint density at radius 1 is 1.47 bits per heavy atom. The second-order valence-electron chi connectivity index (χ2n) is 3.51. The third kappa shape index (κ3) is 1.68. The molecule has 0 amide bonds. The lowest BCUT2D eigenvalue weighted by Gasteiger charge is -2.00. The Labute approximate surface area is 88.8 Å². The molecular weight excluding hydrogens is 190 g/mol. The summed E-state index contributed by atoms with van der Waals surface area (Å²) in [5.41, 5.74) is 2.34. The molecule has 0 bridgehead atoms. The number of nitrogens with one attached hydrogen (secondary N) is 1. The second kappa shape index (κ2) is 3.90. The molecule has 0 aliphatic rings. The van der Waals surface area contributed by atoms with E-state index in [1.807, 2.05) is 24.8 Å². The van der Waals surface area contributed by atoms with Crippen molar-refractivity contribution < 1.29 is 4.74 Å². The minimum absolute atomic E-state index is 0.684. The summed E-state index contributed by atoms with van der Waals surface area (Å²) in [4.78, 5) is 0. The first-order chi connectivity index (χ1) is 7.26. The van der Waals surface area contributed by atoms with E-state index in [2.05, 4.69) is 22.5 Å². The summed E-state index contributed by atoms with van der Waals surface area (Å²) in [6.45, 7) is 0.865. The molecule has 1 aromatic heterocycles. The highest BCUT2D eigenvalue weighted by Gasteiger charge is 2.08. The Balaban J connectivity index is 2.56. The predicted octanol–water partition coefficient (Wildman–Crippen LogP) is 1.30. The van der Waals surface area contributed by atoms with Gasteiger partial charge < -0.3 is 10.1 Å². The minimum atomic E-state index is 0.684. The van der Waals surface area contributed by atoms with Crippen LogP contribution < -0.4 is 10.1 Å². The van der Waals surface area contributed by atoms with Crippen LogP contribution >= 0.6 is 0 Å². The summed E-state index contributed by atoms with van der Waals surface area (Å²) in [6.07, 6.45) is 0. The molecule has 0 atom stereocenters. The molecule has 0 spiro atoms. The van der Waals surface area contributed by atoms with Crippen LogP contribution in [0.5, 0.6) is 5.88 Å². The van der Waals surface area contributed by atoms with E-state index >= 15 is 0 Å². The fraction of sp³-hybridized carbons (Fsp3) is 0.364. The van der Waals surface area contributed by atoms with Gasteiger partial charge in [-0.3, -0.25) is 4.68 Å². The van der Waals surface area contributed by atoms with Gasteiger partial charge in [-0.2, -0.15) is 0 Å². The van der Waals surface area contributed by atoms with Crippen molar-refractivity contribution in [3.8, 4) is 5.88 Å². The maximum atomic E-state index is 5.20. The highest BCUT2D eigenvalue weighted by molar-refractivity contribution is 5.85. The van der Waals surface area contributed by atoms with Crippen molar-refractivity contribution in [1.29, 1.82) is 0 Å². The van der Waals surface area contributed by atoms with E-state index < -0.39 is 0 Å². The van der Waals surface area contributed by atoms with Gasteiger partial charge in [-0.15, -0.1) is 5.10 Å². The van der Waals surface area contributed by atoms with Gasteiger partial charge in [-0.1, -0.05) is 6.07 Å². The first-order valence-electron chi connectivity index (χ1n) is 4.90. The van der Waals surface area contributed by atoms with Gasteiger partial charge in [0.2, 0.25) is 5.88 Å². The Morgan fingerprint density at radius 2 is 2.27 bits per heavy atom. The summed E-state index contributed by atoms with van der Waals surface area (Å²) in [5, 5.41) is 8.47. The van der Waals surface area contributed by atoms with E-state index in [-0.39, 0.29) is 0 Å². The molecule has 0 unspecified atom stereocenters. The van der Waals surface area contributed by atoms with Crippen LogP contribution in [0.1, 0.15) is 5.56 Å². The van der Waals surface area contributed by atoms with Gasteiger partial charge in [-0.05, 0) is 24.7 Å². The van der Waals surface area contributed by atoms with Gasteiger partial charge in [0.1, 0.15) is 0 Å². The second-order valence-corrected chi connectivity index (χ2v) is 3.51. The zero-order valence-electron chi connectivity index (χ0n) is 9.24. The lowest BCUT2D eigenvalue weighted by Crippen LogP contribution is -2.04. The van der Waals surface area contributed by atoms with Crippen LogP contribution in [-0.2, 0) is 13.6 Å². The molecule has 0 saturated heterocycles. The molecule has 1 heterocycles. The zero-order chi connectivity index (χ0) is 10.8. The van der Waals surface area contributed by atoms with Crippen LogP contribution in [0.25, 0.3) is 10.9 Å². The smallest absolute Gasteiger partial charge is 0.240 e. The van der Waals surface area contributed by atoms with Crippen LogP contribution in [0.15, 0.2) is 18.2 Å². The number of ether oxygens (including phenoxy) is 1. The van der Waals surface area contributed by atoms with E-state index in [1.165, 1.54) is 5.56 Å². The zero-order valence-corrected chi connectivity index (χ0v) is 9.24. The SMILES string of the molecule is CNCc1ccc2c(OC)nn(C)c2c1. The van der Waals surface area contributed by atoms with Gasteiger partial charge >= 0.3 is 0 Å². The quantitative estimate of drug-likeness (QED) is 0.821. The Hall–Kier alpha value is -1.55. The molecular formula is C11H15N3O. The highest BCUT2D eigenvalue weighted by Crippen LogP contribution is 2.24. The van der Waals surface area contributed by atoms with E-state index in [1.54, 1.807) is 7.11 Å². The Kier molecular flexibility index (Phi) is 2.60. The van der Waals surface area contributed by atoms with Crippen molar-refractivity contribution >= 4 is 10.9 Å². The van der Waals surface area contributed by atoms with Gasteiger partial charge in [0, 0.05) is 13.6 Å². The number of nitrogens with zero attached hydrogens (tertiary/aromatic N) is 2. The summed E-state index contributed by atoms with van der Waals surface area (Å²) in [7, 11) is 5.51. The van der Waals surface area contributed by atoms with E-state index in [0.29, 0.717) is 5.88 Å². The lowest BCUT2D eigenvalue weighted by atomic mass is 10.1. The van der Waals surface area contributed by atoms with Crippen molar-refractivity contribution in [3.05, 3.63) is 23.8 Å². The average molecular weight is 205 g/mol. The van der Waals surface area contributed by atoms with Crippen molar-refractivity contribution in [2.75, 3.05) is 14.2 Å².